The largest absolute Gasteiger partial charge is 0.465 e. The molecule has 0 spiro atoms. The highest BCUT2D eigenvalue weighted by Crippen LogP contribution is 2.19. The van der Waals surface area contributed by atoms with Crippen molar-refractivity contribution in [1.82, 2.24) is 9.99 Å². The summed E-state index contributed by atoms with van der Waals surface area (Å²) in [6, 6.07) is 13.6. The van der Waals surface area contributed by atoms with Crippen molar-refractivity contribution in [3.63, 3.8) is 0 Å². The number of hydrogen-bond donors (Lipinski definition) is 1. The Balaban J connectivity index is 1.74. The molecule has 0 unspecified atom stereocenters. The van der Waals surface area contributed by atoms with E-state index in [1.807, 2.05) is 0 Å². The Hall–Kier alpha value is -2.75. The fraction of sp³-hybridized carbons (Fsp3) is 0.100. The highest BCUT2D eigenvalue weighted by molar-refractivity contribution is 9.10. The molecular formula is C20H15BrClN3O4S. The predicted molar refractivity (Wildman–Crippen MR) is 120 cm³/mol. The topological polar surface area (TPSA) is 89.8 Å². The van der Waals surface area contributed by atoms with Crippen LogP contribution in [-0.2, 0) is 11.3 Å². The molecule has 0 atom stereocenters. The van der Waals surface area contributed by atoms with E-state index in [4.69, 9.17) is 16.3 Å². The van der Waals surface area contributed by atoms with E-state index in [9.17, 15) is 14.4 Å². The summed E-state index contributed by atoms with van der Waals surface area (Å²) in [4.78, 5) is 36.3. The number of hydrogen-bond acceptors (Lipinski definition) is 6. The van der Waals surface area contributed by atoms with Gasteiger partial charge in [0.15, 0.2) is 0 Å². The second kappa shape index (κ2) is 9.84. The molecule has 7 nitrogen and oxygen atoms in total. The van der Waals surface area contributed by atoms with Crippen molar-refractivity contribution in [3.8, 4) is 0 Å². The first kappa shape index (κ1) is 21.9. The summed E-state index contributed by atoms with van der Waals surface area (Å²) in [5.74, 6) is -0.857. The van der Waals surface area contributed by atoms with Crippen molar-refractivity contribution in [1.29, 1.82) is 0 Å². The number of carbonyl (C=O) groups is 2. The third kappa shape index (κ3) is 5.24. The molecule has 0 fully saturated rings. The molecule has 10 heteroatoms. The van der Waals surface area contributed by atoms with Crippen LogP contribution in [0, 0.1) is 0 Å². The summed E-state index contributed by atoms with van der Waals surface area (Å²) < 4.78 is 6.84. The van der Waals surface area contributed by atoms with Crippen LogP contribution in [-0.4, -0.2) is 29.8 Å². The van der Waals surface area contributed by atoms with E-state index in [-0.39, 0.29) is 16.6 Å². The first-order chi connectivity index (χ1) is 14.4. The summed E-state index contributed by atoms with van der Waals surface area (Å²) in [5, 5.41) is 4.08. The average molecular weight is 509 g/mol. The number of carbonyl (C=O) groups excluding carboxylic acids is 2. The van der Waals surface area contributed by atoms with Gasteiger partial charge in [-0.3, -0.25) is 14.2 Å². The van der Waals surface area contributed by atoms with Crippen LogP contribution in [0.3, 0.4) is 0 Å². The number of nitrogens with zero attached hydrogens (tertiary/aromatic N) is 2. The standard InChI is InChI=1S/C20H15BrClN3O4S/c1-29-19(27)14-6-2-4-12(8-14)11-25-17(22)16(30-20(25)28)10-23-24-18(26)13-5-3-7-15(21)9-13/h2-10H,11H2,1H3,(H,24,26)/b23-10+. The molecule has 2 aromatic carbocycles. The van der Waals surface area contributed by atoms with Crippen molar-refractivity contribution >= 4 is 57.0 Å². The van der Waals surface area contributed by atoms with Crippen molar-refractivity contribution in [2.24, 2.45) is 5.10 Å². The van der Waals surface area contributed by atoms with Crippen LogP contribution in [0.15, 0.2) is 62.9 Å². The van der Waals surface area contributed by atoms with Gasteiger partial charge in [0.1, 0.15) is 5.15 Å². The summed E-state index contributed by atoms with van der Waals surface area (Å²) in [5.41, 5.74) is 3.93. The van der Waals surface area contributed by atoms with Crippen LogP contribution in [0.4, 0.5) is 0 Å². The number of nitrogens with one attached hydrogen (secondary N) is 1. The molecule has 0 aliphatic rings. The Labute approximate surface area is 189 Å². The van der Waals surface area contributed by atoms with Crippen LogP contribution in [0.2, 0.25) is 5.15 Å². The molecule has 154 valence electrons. The highest BCUT2D eigenvalue weighted by atomic mass is 79.9. The average Bonchev–Trinajstić information content (AvgIpc) is 3.01. The van der Waals surface area contributed by atoms with Gasteiger partial charge in [0.25, 0.3) is 5.91 Å². The first-order valence-electron chi connectivity index (χ1n) is 8.54. The Morgan fingerprint density at radius 2 is 1.97 bits per heavy atom. The van der Waals surface area contributed by atoms with Gasteiger partial charge >= 0.3 is 10.8 Å². The smallest absolute Gasteiger partial charge is 0.337 e. The number of rotatable bonds is 6. The fourth-order valence-corrected chi connectivity index (χ4v) is 4.06. The number of methoxy groups -OCH3 is 1. The van der Waals surface area contributed by atoms with Crippen LogP contribution < -0.4 is 10.3 Å². The van der Waals surface area contributed by atoms with E-state index in [1.54, 1.807) is 48.5 Å². The van der Waals surface area contributed by atoms with E-state index >= 15 is 0 Å². The lowest BCUT2D eigenvalue weighted by molar-refractivity contribution is 0.0600. The lowest BCUT2D eigenvalue weighted by Gasteiger charge is -2.06. The summed E-state index contributed by atoms with van der Waals surface area (Å²) in [6.07, 6.45) is 1.33. The number of benzene rings is 2. The summed E-state index contributed by atoms with van der Waals surface area (Å²) >= 11 is 10.5. The maximum Gasteiger partial charge on any atom is 0.337 e. The second-order valence-corrected chi connectivity index (χ2v) is 8.28. The second-order valence-electron chi connectivity index (χ2n) is 6.01. The van der Waals surface area contributed by atoms with Gasteiger partial charge in [0.2, 0.25) is 0 Å². The Kier molecular flexibility index (Phi) is 7.20. The molecule has 30 heavy (non-hydrogen) atoms. The van der Waals surface area contributed by atoms with Crippen LogP contribution in [0.5, 0.6) is 0 Å². The van der Waals surface area contributed by atoms with E-state index in [1.165, 1.54) is 17.9 Å². The molecule has 0 aliphatic carbocycles. The monoisotopic (exact) mass is 507 g/mol. The van der Waals surface area contributed by atoms with Gasteiger partial charge in [0.05, 0.1) is 30.3 Å². The van der Waals surface area contributed by atoms with Gasteiger partial charge in [-0.05, 0) is 35.9 Å². The van der Waals surface area contributed by atoms with E-state index in [2.05, 4.69) is 26.5 Å². The fourth-order valence-electron chi connectivity index (χ4n) is 2.56. The van der Waals surface area contributed by atoms with E-state index in [0.29, 0.717) is 21.6 Å². The van der Waals surface area contributed by atoms with Gasteiger partial charge in [-0.25, -0.2) is 10.2 Å². The predicted octanol–water partition coefficient (Wildman–Crippen LogP) is 3.92. The number of thiazole rings is 1. The molecule has 0 aliphatic heterocycles. The Morgan fingerprint density at radius 1 is 1.23 bits per heavy atom. The van der Waals surface area contributed by atoms with Gasteiger partial charge in [-0.2, -0.15) is 5.10 Å². The zero-order valence-electron chi connectivity index (χ0n) is 15.6. The van der Waals surface area contributed by atoms with Crippen molar-refractivity contribution in [2.45, 2.75) is 6.54 Å². The molecule has 1 N–H and O–H groups in total. The Bertz CT molecular complexity index is 1190. The SMILES string of the molecule is COC(=O)c1cccc(Cn2c(Cl)c(/C=N/NC(=O)c3cccc(Br)c3)sc2=O)c1. The number of esters is 1. The first-order valence-corrected chi connectivity index (χ1v) is 10.5. The highest BCUT2D eigenvalue weighted by Gasteiger charge is 2.13. The molecule has 0 saturated carbocycles. The van der Waals surface area contributed by atoms with Gasteiger partial charge in [-0.15, -0.1) is 0 Å². The number of amides is 1. The third-order valence-electron chi connectivity index (χ3n) is 3.98. The zero-order chi connectivity index (χ0) is 21.7. The molecule has 0 bridgehead atoms. The molecule has 1 heterocycles. The molecule has 3 rings (SSSR count). The molecule has 3 aromatic rings. The van der Waals surface area contributed by atoms with Crippen LogP contribution >= 0.6 is 38.9 Å². The number of halogens is 2. The maximum atomic E-state index is 12.3. The van der Waals surface area contributed by atoms with Crippen LogP contribution in [0.25, 0.3) is 0 Å². The van der Waals surface area contributed by atoms with Gasteiger partial charge in [0, 0.05) is 10.0 Å². The van der Waals surface area contributed by atoms with E-state index in [0.717, 1.165) is 15.8 Å². The quantitative estimate of drug-likeness (QED) is 0.310. The van der Waals surface area contributed by atoms with Crippen molar-refractivity contribution < 1.29 is 14.3 Å². The number of hydrazone groups is 1. The number of ether oxygens (including phenoxy) is 1. The normalized spacial score (nSPS) is 10.9. The molecule has 1 aromatic heterocycles. The zero-order valence-corrected chi connectivity index (χ0v) is 18.8. The van der Waals surface area contributed by atoms with E-state index < -0.39 is 11.9 Å². The lowest BCUT2D eigenvalue weighted by atomic mass is 10.1. The lowest BCUT2D eigenvalue weighted by Crippen LogP contribution is -2.17. The minimum absolute atomic E-state index is 0.178. The Morgan fingerprint density at radius 3 is 2.70 bits per heavy atom. The maximum absolute atomic E-state index is 12.3. The molecule has 0 saturated heterocycles. The third-order valence-corrected chi connectivity index (χ3v) is 5.91. The minimum atomic E-state index is -0.463. The minimum Gasteiger partial charge on any atom is -0.465 e. The molecule has 0 radical (unpaired) electrons. The molecule has 1 amide bonds. The molecular weight excluding hydrogens is 494 g/mol. The van der Waals surface area contributed by atoms with Crippen molar-refractivity contribution in [2.75, 3.05) is 7.11 Å². The van der Waals surface area contributed by atoms with Crippen molar-refractivity contribution in [3.05, 3.63) is 89.4 Å². The van der Waals surface area contributed by atoms with Gasteiger partial charge < -0.3 is 4.74 Å². The van der Waals surface area contributed by atoms with Gasteiger partial charge in [-0.1, -0.05) is 57.1 Å². The summed E-state index contributed by atoms with van der Waals surface area (Å²) in [7, 11) is 1.30. The number of aromatic nitrogens is 1. The summed E-state index contributed by atoms with van der Waals surface area (Å²) in [6.45, 7) is 0.178. The van der Waals surface area contributed by atoms with Crippen LogP contribution in [0.1, 0.15) is 31.2 Å².